The van der Waals surface area contributed by atoms with E-state index < -0.39 is 0 Å². The number of hydrogen-bond acceptors (Lipinski definition) is 5. The highest BCUT2D eigenvalue weighted by atomic mass is 32.2. The van der Waals surface area contributed by atoms with E-state index >= 15 is 0 Å². The average Bonchev–Trinajstić information content (AvgIpc) is 3.40. The molecule has 1 fully saturated rings. The molecule has 2 aromatic carbocycles. The largest absolute Gasteiger partial charge is 0.300 e. The number of thioether (sulfide) groups is 1. The molecule has 1 aliphatic rings. The van der Waals surface area contributed by atoms with E-state index in [0.717, 1.165) is 32.6 Å². The number of pyridine rings is 1. The number of thiophene rings is 1. The summed E-state index contributed by atoms with van der Waals surface area (Å²) >= 11 is 3.00. The first-order valence-electron chi connectivity index (χ1n) is 9.04. The van der Waals surface area contributed by atoms with Crippen molar-refractivity contribution in [3.8, 4) is 0 Å². The van der Waals surface area contributed by atoms with E-state index in [2.05, 4.69) is 21.4 Å². The number of benzene rings is 2. The lowest BCUT2D eigenvalue weighted by Crippen LogP contribution is -2.19. The first-order chi connectivity index (χ1) is 14.3. The Morgan fingerprint density at radius 2 is 1.86 bits per heavy atom. The number of rotatable bonds is 3. The van der Waals surface area contributed by atoms with Crippen LogP contribution in [0.4, 0.5) is 5.69 Å². The Bertz CT molecular complexity index is 1260. The van der Waals surface area contributed by atoms with Crippen LogP contribution < -0.4 is 5.32 Å². The second kappa shape index (κ2) is 7.66. The smallest absolute Gasteiger partial charge is 0.264 e. The minimum Gasteiger partial charge on any atom is -0.300 e. The van der Waals surface area contributed by atoms with Gasteiger partial charge >= 0.3 is 0 Å². The number of amides is 1. The van der Waals surface area contributed by atoms with Gasteiger partial charge in [0.25, 0.3) is 5.91 Å². The normalized spacial score (nSPS) is 17.0. The van der Waals surface area contributed by atoms with Crippen LogP contribution in [0.3, 0.4) is 0 Å². The van der Waals surface area contributed by atoms with Crippen LogP contribution in [0, 0.1) is 0 Å². The topological polar surface area (TPSA) is 54.4 Å². The number of nitrogens with zero attached hydrogens (tertiary/aromatic N) is 2. The molecule has 0 saturated carbocycles. The van der Waals surface area contributed by atoms with E-state index in [1.807, 2.05) is 72.1 Å². The molecular formula is C23H15N3OS2. The molecule has 1 saturated heterocycles. The zero-order valence-corrected chi connectivity index (χ0v) is 16.8. The number of carbonyl (C=O) groups excluding carboxylic acids is 1. The molecule has 2 aromatic heterocycles. The summed E-state index contributed by atoms with van der Waals surface area (Å²) in [7, 11) is 0. The first kappa shape index (κ1) is 17.8. The molecule has 5 rings (SSSR count). The number of fused-ring (bicyclic) bond motifs is 1. The number of hydrogen-bond donors (Lipinski definition) is 1. The quantitative estimate of drug-likeness (QED) is 0.444. The first-order valence-corrected chi connectivity index (χ1v) is 10.7. The fraction of sp³-hybridized carbons (Fsp3) is 0. The van der Waals surface area contributed by atoms with Gasteiger partial charge in [-0.3, -0.25) is 9.78 Å². The molecule has 29 heavy (non-hydrogen) atoms. The van der Waals surface area contributed by atoms with Crippen LogP contribution in [0.25, 0.3) is 16.5 Å². The zero-order valence-electron chi connectivity index (χ0n) is 15.2. The zero-order chi connectivity index (χ0) is 19.6. The maximum Gasteiger partial charge on any atom is 0.264 e. The van der Waals surface area contributed by atoms with Gasteiger partial charge in [0.15, 0.2) is 5.17 Å². The van der Waals surface area contributed by atoms with Gasteiger partial charge in [-0.25, -0.2) is 4.99 Å². The van der Waals surface area contributed by atoms with Crippen molar-refractivity contribution in [3.05, 3.63) is 99.7 Å². The SMILES string of the molecule is O=C1NC(=Nc2ccccc2)SC1=C(c1ccc2ncccc2c1)c1cccs1. The van der Waals surface area contributed by atoms with E-state index in [1.54, 1.807) is 17.5 Å². The van der Waals surface area contributed by atoms with Crippen molar-refractivity contribution in [1.29, 1.82) is 0 Å². The lowest BCUT2D eigenvalue weighted by molar-refractivity contribution is -0.115. The standard InChI is InChI=1S/C23H15N3OS2/c27-22-21(29-23(26-22)25-17-7-2-1-3-8-17)20(19-9-5-13-28-19)16-10-11-18-15(14-16)6-4-12-24-18/h1-14H,(H,25,26,27). The molecule has 0 bridgehead atoms. The van der Waals surface area contributed by atoms with Crippen LogP contribution in [0.15, 0.2) is 94.3 Å². The molecule has 1 amide bonds. The Labute approximate surface area is 176 Å². The van der Waals surface area contributed by atoms with E-state index in [-0.39, 0.29) is 5.91 Å². The van der Waals surface area contributed by atoms with Crippen LogP contribution in [0.1, 0.15) is 10.4 Å². The molecule has 4 nitrogen and oxygen atoms in total. The van der Waals surface area contributed by atoms with Gasteiger partial charge in [-0.15, -0.1) is 11.3 Å². The van der Waals surface area contributed by atoms with Crippen molar-refractivity contribution in [2.24, 2.45) is 4.99 Å². The predicted molar refractivity (Wildman–Crippen MR) is 121 cm³/mol. The Kier molecular flexibility index (Phi) is 4.71. The van der Waals surface area contributed by atoms with Crippen LogP contribution in [-0.4, -0.2) is 16.1 Å². The lowest BCUT2D eigenvalue weighted by Gasteiger charge is -2.09. The van der Waals surface area contributed by atoms with Crippen molar-refractivity contribution >= 4 is 56.3 Å². The molecular weight excluding hydrogens is 398 g/mol. The van der Waals surface area contributed by atoms with Crippen LogP contribution in [0.5, 0.6) is 0 Å². The monoisotopic (exact) mass is 413 g/mol. The third-order valence-electron chi connectivity index (χ3n) is 4.50. The molecule has 4 aromatic rings. The molecule has 3 heterocycles. The molecule has 0 aliphatic carbocycles. The summed E-state index contributed by atoms with van der Waals surface area (Å²) in [6, 6.07) is 23.7. The van der Waals surface area contributed by atoms with E-state index in [1.165, 1.54) is 11.8 Å². The predicted octanol–water partition coefficient (Wildman–Crippen LogP) is 5.61. The number of nitrogens with one attached hydrogen (secondary N) is 1. The fourth-order valence-corrected chi connectivity index (χ4v) is 5.02. The van der Waals surface area contributed by atoms with Gasteiger partial charge in [0, 0.05) is 22.0 Å². The third-order valence-corrected chi connectivity index (χ3v) is 6.37. The second-order valence-electron chi connectivity index (χ2n) is 6.40. The number of carbonyl (C=O) groups is 1. The fourth-order valence-electron chi connectivity index (χ4n) is 3.19. The summed E-state index contributed by atoms with van der Waals surface area (Å²) in [6.45, 7) is 0. The van der Waals surface area contributed by atoms with Gasteiger partial charge in [-0.2, -0.15) is 0 Å². The van der Waals surface area contributed by atoms with Crippen LogP contribution >= 0.6 is 23.1 Å². The Balaban J connectivity index is 1.63. The second-order valence-corrected chi connectivity index (χ2v) is 8.35. The van der Waals surface area contributed by atoms with Crippen molar-refractivity contribution in [2.75, 3.05) is 0 Å². The Hall–Kier alpha value is -3.22. The molecule has 0 unspecified atom stereocenters. The maximum atomic E-state index is 12.9. The molecule has 1 aliphatic heterocycles. The summed E-state index contributed by atoms with van der Waals surface area (Å²) in [5.74, 6) is -0.126. The summed E-state index contributed by atoms with van der Waals surface area (Å²) in [5.41, 5.74) is 3.66. The van der Waals surface area contributed by atoms with Gasteiger partial charge in [0.1, 0.15) is 0 Å². The van der Waals surface area contributed by atoms with Crippen molar-refractivity contribution in [2.45, 2.75) is 0 Å². The molecule has 0 spiro atoms. The highest BCUT2D eigenvalue weighted by Crippen LogP contribution is 2.39. The average molecular weight is 414 g/mol. The van der Waals surface area contributed by atoms with Crippen LogP contribution in [-0.2, 0) is 4.79 Å². The molecule has 0 radical (unpaired) electrons. The van der Waals surface area contributed by atoms with Crippen LogP contribution in [0.2, 0.25) is 0 Å². The van der Waals surface area contributed by atoms with Gasteiger partial charge in [-0.1, -0.05) is 36.4 Å². The van der Waals surface area contributed by atoms with E-state index in [9.17, 15) is 4.79 Å². The van der Waals surface area contributed by atoms with E-state index in [0.29, 0.717) is 10.1 Å². The summed E-state index contributed by atoms with van der Waals surface area (Å²) < 4.78 is 0. The van der Waals surface area contributed by atoms with Gasteiger partial charge in [0.05, 0.1) is 16.1 Å². The number of para-hydroxylation sites is 1. The number of aliphatic imine (C=N–C) groups is 1. The maximum absolute atomic E-state index is 12.9. The minimum absolute atomic E-state index is 0.126. The summed E-state index contributed by atoms with van der Waals surface area (Å²) in [6.07, 6.45) is 1.78. The van der Waals surface area contributed by atoms with Crippen molar-refractivity contribution in [3.63, 3.8) is 0 Å². The number of aromatic nitrogens is 1. The molecule has 6 heteroatoms. The van der Waals surface area contributed by atoms with Gasteiger partial charge in [-0.05, 0) is 59.1 Å². The third kappa shape index (κ3) is 3.60. The number of amidine groups is 1. The lowest BCUT2D eigenvalue weighted by atomic mass is 10.0. The van der Waals surface area contributed by atoms with E-state index in [4.69, 9.17) is 0 Å². The molecule has 140 valence electrons. The summed E-state index contributed by atoms with van der Waals surface area (Å²) in [5, 5.41) is 6.57. The highest BCUT2D eigenvalue weighted by molar-refractivity contribution is 8.18. The van der Waals surface area contributed by atoms with Gasteiger partial charge in [0.2, 0.25) is 0 Å². The van der Waals surface area contributed by atoms with Crippen molar-refractivity contribution in [1.82, 2.24) is 10.3 Å². The minimum atomic E-state index is -0.126. The molecule has 1 N–H and O–H groups in total. The van der Waals surface area contributed by atoms with Crippen molar-refractivity contribution < 1.29 is 4.79 Å². The van der Waals surface area contributed by atoms with Gasteiger partial charge < -0.3 is 5.32 Å². The molecule has 0 atom stereocenters. The Morgan fingerprint density at radius 1 is 0.966 bits per heavy atom. The summed E-state index contributed by atoms with van der Waals surface area (Å²) in [4.78, 5) is 23.5. The highest BCUT2D eigenvalue weighted by Gasteiger charge is 2.29. The Morgan fingerprint density at radius 3 is 2.69 bits per heavy atom.